The van der Waals surface area contributed by atoms with E-state index in [-0.39, 0.29) is 29.9 Å². The molecule has 0 fully saturated rings. The molecule has 3 N–H and O–H groups in total. The molecule has 1 aromatic carbocycles. The van der Waals surface area contributed by atoms with E-state index in [9.17, 15) is 8.42 Å². The highest BCUT2D eigenvalue weighted by molar-refractivity contribution is 7.90. The molecular weight excluding hydrogens is 266 g/mol. The molecule has 1 aromatic rings. The minimum atomic E-state index is -3.60. The molecular formula is C12H17N3O3S. The number of hydrogen-bond acceptors (Lipinski definition) is 4. The highest BCUT2D eigenvalue weighted by Gasteiger charge is 2.26. The van der Waals surface area contributed by atoms with Crippen LogP contribution in [0.5, 0.6) is 0 Å². The molecule has 0 radical (unpaired) electrons. The van der Waals surface area contributed by atoms with Crippen LogP contribution in [0.1, 0.15) is 25.3 Å². The molecule has 0 aromatic heterocycles. The van der Waals surface area contributed by atoms with Crippen LogP contribution >= 0.6 is 0 Å². The van der Waals surface area contributed by atoms with E-state index < -0.39 is 10.0 Å². The summed E-state index contributed by atoms with van der Waals surface area (Å²) < 4.78 is 26.6. The monoisotopic (exact) mass is 283 g/mol. The van der Waals surface area contributed by atoms with E-state index in [2.05, 4.69) is 15.0 Å². The summed E-state index contributed by atoms with van der Waals surface area (Å²) in [5.74, 6) is 0.392. The molecule has 7 heteroatoms. The molecule has 2 rings (SSSR count). The second-order valence-corrected chi connectivity index (χ2v) is 6.25. The third kappa shape index (κ3) is 2.87. The molecule has 19 heavy (non-hydrogen) atoms. The van der Waals surface area contributed by atoms with Crippen LogP contribution in [0.15, 0.2) is 28.1 Å². The van der Waals surface area contributed by atoms with Gasteiger partial charge in [-0.2, -0.15) is 0 Å². The lowest BCUT2D eigenvalue weighted by Gasteiger charge is -2.22. The normalized spacial score (nSPS) is 18.8. The first-order valence-corrected chi connectivity index (χ1v) is 7.51. The number of aliphatic imine (C=N–C) groups is 1. The molecule has 0 unspecified atom stereocenters. The quantitative estimate of drug-likeness (QED) is 0.767. The number of anilines is 1. The molecule has 6 nitrogen and oxygen atoms in total. The Labute approximate surface area is 112 Å². The van der Waals surface area contributed by atoms with Crippen LogP contribution in [0.2, 0.25) is 0 Å². The van der Waals surface area contributed by atoms with Gasteiger partial charge in [0, 0.05) is 0 Å². The van der Waals surface area contributed by atoms with Crippen molar-refractivity contribution in [2.24, 2.45) is 4.99 Å². The first-order valence-electron chi connectivity index (χ1n) is 6.03. The van der Waals surface area contributed by atoms with Gasteiger partial charge in [0.1, 0.15) is 4.90 Å². The van der Waals surface area contributed by atoms with Crippen molar-refractivity contribution < 1.29 is 13.5 Å². The Hall–Kier alpha value is -1.60. The van der Waals surface area contributed by atoms with Crippen LogP contribution < -0.4 is 10.0 Å². The highest BCUT2D eigenvalue weighted by atomic mass is 32.2. The molecule has 0 saturated carbocycles. The Kier molecular flexibility index (Phi) is 3.77. The summed E-state index contributed by atoms with van der Waals surface area (Å²) in [5, 5.41) is 11.6. The van der Waals surface area contributed by atoms with Gasteiger partial charge in [-0.1, -0.05) is 19.9 Å². The lowest BCUT2D eigenvalue weighted by molar-refractivity contribution is 0.307. The summed E-state index contributed by atoms with van der Waals surface area (Å²) in [6, 6.07) is 5.29. The van der Waals surface area contributed by atoms with Gasteiger partial charge in [0.25, 0.3) is 10.0 Å². The van der Waals surface area contributed by atoms with Crippen molar-refractivity contribution in [2.75, 3.05) is 18.5 Å². The lowest BCUT2D eigenvalue weighted by Crippen LogP contribution is -2.41. The molecule has 0 aliphatic carbocycles. The second-order valence-electron chi connectivity index (χ2n) is 4.59. The Morgan fingerprint density at radius 2 is 2.11 bits per heavy atom. The third-order valence-electron chi connectivity index (χ3n) is 2.82. The number of aliphatic hydroxyl groups is 1. The van der Waals surface area contributed by atoms with Crippen molar-refractivity contribution in [3.05, 3.63) is 23.8 Å². The van der Waals surface area contributed by atoms with E-state index in [4.69, 9.17) is 5.11 Å². The van der Waals surface area contributed by atoms with Gasteiger partial charge < -0.3 is 10.4 Å². The molecule has 0 amide bonds. The highest BCUT2D eigenvalue weighted by Crippen LogP contribution is 2.28. The fourth-order valence-corrected chi connectivity index (χ4v) is 2.97. The zero-order chi connectivity index (χ0) is 14.0. The Bertz CT molecular complexity index is 609. The molecule has 104 valence electrons. The van der Waals surface area contributed by atoms with E-state index in [0.717, 1.165) is 5.56 Å². The van der Waals surface area contributed by atoms with E-state index >= 15 is 0 Å². The SMILES string of the molecule is CC(C)c1ccc2c(c1)S(=O)(=O)NC(=NCCO)N2. The van der Waals surface area contributed by atoms with E-state index in [1.54, 1.807) is 12.1 Å². The van der Waals surface area contributed by atoms with Gasteiger partial charge in [-0.15, -0.1) is 0 Å². The third-order valence-corrected chi connectivity index (χ3v) is 4.19. The minimum absolute atomic E-state index is 0.133. The zero-order valence-electron chi connectivity index (χ0n) is 10.8. The number of hydrogen-bond donors (Lipinski definition) is 3. The fraction of sp³-hybridized carbons (Fsp3) is 0.417. The predicted octanol–water partition coefficient (Wildman–Crippen LogP) is 0.862. The maximum atomic E-state index is 12.1. The Balaban J connectivity index is 2.44. The molecule has 0 bridgehead atoms. The lowest BCUT2D eigenvalue weighted by atomic mass is 10.0. The first-order chi connectivity index (χ1) is 8.94. The number of guanidine groups is 1. The number of aliphatic hydroxyl groups excluding tert-OH is 1. The zero-order valence-corrected chi connectivity index (χ0v) is 11.7. The Morgan fingerprint density at radius 1 is 1.37 bits per heavy atom. The number of nitrogens with one attached hydrogen (secondary N) is 2. The predicted molar refractivity (Wildman–Crippen MR) is 73.9 cm³/mol. The summed E-state index contributed by atoms with van der Waals surface area (Å²) >= 11 is 0. The van der Waals surface area contributed by atoms with Gasteiger partial charge in [-0.05, 0) is 23.6 Å². The van der Waals surface area contributed by atoms with Gasteiger partial charge in [-0.3, -0.25) is 0 Å². The van der Waals surface area contributed by atoms with Crippen LogP contribution in [0.25, 0.3) is 0 Å². The number of benzene rings is 1. The molecule has 0 spiro atoms. The van der Waals surface area contributed by atoms with Gasteiger partial charge in [0.15, 0.2) is 0 Å². The molecule has 0 atom stereocenters. The number of fused-ring (bicyclic) bond motifs is 1. The second kappa shape index (κ2) is 5.18. The molecule has 1 aliphatic rings. The van der Waals surface area contributed by atoms with Crippen LogP contribution in [0, 0.1) is 0 Å². The fourth-order valence-electron chi connectivity index (χ4n) is 1.79. The summed E-state index contributed by atoms with van der Waals surface area (Å²) in [6.07, 6.45) is 0. The van der Waals surface area contributed by atoms with Crippen LogP contribution in [0.3, 0.4) is 0 Å². The Morgan fingerprint density at radius 3 is 2.74 bits per heavy atom. The van der Waals surface area contributed by atoms with Crippen molar-refractivity contribution >= 4 is 21.7 Å². The van der Waals surface area contributed by atoms with Crippen molar-refractivity contribution in [2.45, 2.75) is 24.7 Å². The van der Waals surface area contributed by atoms with Crippen molar-refractivity contribution in [3.63, 3.8) is 0 Å². The first kappa shape index (κ1) is 13.8. The van der Waals surface area contributed by atoms with Gasteiger partial charge in [0.2, 0.25) is 5.96 Å². The average molecular weight is 283 g/mol. The van der Waals surface area contributed by atoms with Gasteiger partial charge in [0.05, 0.1) is 18.8 Å². The minimum Gasteiger partial charge on any atom is -0.394 e. The van der Waals surface area contributed by atoms with Crippen LogP contribution in [-0.2, 0) is 10.0 Å². The average Bonchev–Trinajstić information content (AvgIpc) is 2.35. The largest absolute Gasteiger partial charge is 0.394 e. The van der Waals surface area contributed by atoms with Gasteiger partial charge >= 0.3 is 0 Å². The standard InChI is InChI=1S/C12H17N3O3S/c1-8(2)9-3-4-10-11(7-9)19(17,18)15-12(14-10)13-5-6-16/h3-4,7-8,16H,5-6H2,1-2H3,(H2,13,14,15). The summed E-state index contributed by atoms with van der Waals surface area (Å²) in [5.41, 5.74) is 1.46. The topological polar surface area (TPSA) is 90.8 Å². The molecule has 0 saturated heterocycles. The van der Waals surface area contributed by atoms with E-state index in [1.165, 1.54) is 0 Å². The van der Waals surface area contributed by atoms with E-state index in [0.29, 0.717) is 5.69 Å². The maximum absolute atomic E-state index is 12.1. The van der Waals surface area contributed by atoms with Gasteiger partial charge in [-0.25, -0.2) is 18.1 Å². The summed E-state index contributed by atoms with van der Waals surface area (Å²) in [4.78, 5) is 4.14. The maximum Gasteiger partial charge on any atom is 0.266 e. The molecule has 1 heterocycles. The summed E-state index contributed by atoms with van der Waals surface area (Å²) in [6.45, 7) is 4.02. The smallest absolute Gasteiger partial charge is 0.266 e. The van der Waals surface area contributed by atoms with Crippen LogP contribution in [0.4, 0.5) is 5.69 Å². The van der Waals surface area contributed by atoms with Crippen molar-refractivity contribution in [3.8, 4) is 0 Å². The molecule has 1 aliphatic heterocycles. The van der Waals surface area contributed by atoms with Crippen LogP contribution in [-0.4, -0.2) is 32.6 Å². The number of sulfonamides is 1. The van der Waals surface area contributed by atoms with E-state index in [1.807, 2.05) is 19.9 Å². The van der Waals surface area contributed by atoms with Crippen molar-refractivity contribution in [1.82, 2.24) is 4.72 Å². The summed E-state index contributed by atoms with van der Waals surface area (Å²) in [7, 11) is -3.60. The number of nitrogens with zero attached hydrogens (tertiary/aromatic N) is 1. The van der Waals surface area contributed by atoms with Crippen molar-refractivity contribution in [1.29, 1.82) is 0 Å². The number of rotatable bonds is 3.